The van der Waals surface area contributed by atoms with Crippen molar-refractivity contribution in [2.75, 3.05) is 6.54 Å². The van der Waals surface area contributed by atoms with Crippen LogP contribution in [0.15, 0.2) is 16.8 Å². The van der Waals surface area contributed by atoms with Crippen molar-refractivity contribution in [3.63, 3.8) is 0 Å². The van der Waals surface area contributed by atoms with Crippen LogP contribution in [0.2, 0.25) is 0 Å². The van der Waals surface area contributed by atoms with E-state index < -0.39 is 15.3 Å². The van der Waals surface area contributed by atoms with Gasteiger partial charge in [0.25, 0.3) is 0 Å². The molecule has 0 radical (unpaired) electrons. The molecule has 0 aliphatic heterocycles. The van der Waals surface area contributed by atoms with Crippen LogP contribution in [0.5, 0.6) is 0 Å². The lowest BCUT2D eigenvalue weighted by Crippen LogP contribution is -2.36. The number of nitrogens with one attached hydrogen (secondary N) is 1. The molecule has 0 bridgehead atoms. The summed E-state index contributed by atoms with van der Waals surface area (Å²) in [4.78, 5) is 0. The number of sulfonamides is 1. The van der Waals surface area contributed by atoms with Gasteiger partial charge in [-0.3, -0.25) is 0 Å². The Bertz CT molecular complexity index is 359. The summed E-state index contributed by atoms with van der Waals surface area (Å²) >= 11 is 1.54. The van der Waals surface area contributed by atoms with Crippen molar-refractivity contribution in [2.24, 2.45) is 5.73 Å². The first-order valence-electron chi connectivity index (χ1n) is 4.26. The predicted octanol–water partition coefficient (Wildman–Crippen LogP) is 0.515. The second kappa shape index (κ2) is 4.88. The molecule has 6 heteroatoms. The van der Waals surface area contributed by atoms with Crippen molar-refractivity contribution in [2.45, 2.75) is 18.7 Å². The molecule has 0 aromatic carbocycles. The molecule has 80 valence electrons. The maximum absolute atomic E-state index is 11.5. The van der Waals surface area contributed by atoms with Crippen LogP contribution in [0.3, 0.4) is 0 Å². The van der Waals surface area contributed by atoms with Crippen LogP contribution in [-0.2, 0) is 16.6 Å². The van der Waals surface area contributed by atoms with Gasteiger partial charge in [0.15, 0.2) is 0 Å². The van der Waals surface area contributed by atoms with Gasteiger partial charge in [0.05, 0.1) is 5.25 Å². The van der Waals surface area contributed by atoms with Gasteiger partial charge in [-0.25, -0.2) is 13.1 Å². The van der Waals surface area contributed by atoms with E-state index in [1.807, 2.05) is 16.8 Å². The van der Waals surface area contributed by atoms with Crippen molar-refractivity contribution in [1.82, 2.24) is 4.72 Å². The predicted molar refractivity (Wildman–Crippen MR) is 58.6 cm³/mol. The summed E-state index contributed by atoms with van der Waals surface area (Å²) < 4.78 is 25.4. The molecule has 4 nitrogen and oxygen atoms in total. The third kappa shape index (κ3) is 3.06. The van der Waals surface area contributed by atoms with Gasteiger partial charge in [0, 0.05) is 13.1 Å². The van der Waals surface area contributed by atoms with E-state index in [2.05, 4.69) is 4.72 Å². The molecule has 14 heavy (non-hydrogen) atoms. The first-order chi connectivity index (χ1) is 6.56. The number of thiophene rings is 1. The highest BCUT2D eigenvalue weighted by molar-refractivity contribution is 7.90. The van der Waals surface area contributed by atoms with Gasteiger partial charge in [-0.15, -0.1) is 0 Å². The normalized spacial score (nSPS) is 14.1. The first-order valence-corrected chi connectivity index (χ1v) is 6.75. The molecule has 0 aliphatic rings. The molecule has 0 saturated heterocycles. The molecule has 0 aliphatic carbocycles. The molecule has 1 rings (SSSR count). The second-order valence-corrected chi connectivity index (χ2v) is 6.01. The first kappa shape index (κ1) is 11.6. The van der Waals surface area contributed by atoms with E-state index >= 15 is 0 Å². The fraction of sp³-hybridized carbons (Fsp3) is 0.500. The standard InChI is InChI=1S/C8H14N2O2S2/c1-7(4-9)14(11,12)10-5-8-2-3-13-6-8/h2-3,6-7,10H,4-5,9H2,1H3. The zero-order valence-electron chi connectivity index (χ0n) is 7.93. The third-order valence-corrected chi connectivity index (χ3v) is 4.45. The molecule has 3 N–H and O–H groups in total. The summed E-state index contributed by atoms with van der Waals surface area (Å²) in [6.45, 7) is 2.07. The van der Waals surface area contributed by atoms with Gasteiger partial charge in [-0.1, -0.05) is 0 Å². The molecular formula is C8H14N2O2S2. The summed E-state index contributed by atoms with van der Waals surface area (Å²) in [6, 6.07) is 1.89. The highest BCUT2D eigenvalue weighted by Crippen LogP contribution is 2.06. The third-order valence-electron chi connectivity index (χ3n) is 1.92. The number of hydrogen-bond acceptors (Lipinski definition) is 4. The van der Waals surface area contributed by atoms with Gasteiger partial charge >= 0.3 is 0 Å². The van der Waals surface area contributed by atoms with Crippen LogP contribution in [0.4, 0.5) is 0 Å². The Morgan fingerprint density at radius 1 is 1.64 bits per heavy atom. The van der Waals surface area contributed by atoms with Gasteiger partial charge in [-0.05, 0) is 29.3 Å². The second-order valence-electron chi connectivity index (χ2n) is 3.04. The number of rotatable bonds is 5. The zero-order chi connectivity index (χ0) is 10.6. The van der Waals surface area contributed by atoms with Crippen LogP contribution >= 0.6 is 11.3 Å². The van der Waals surface area contributed by atoms with Gasteiger partial charge in [0.2, 0.25) is 10.0 Å². The lowest BCUT2D eigenvalue weighted by Gasteiger charge is -2.10. The minimum absolute atomic E-state index is 0.138. The van der Waals surface area contributed by atoms with E-state index in [-0.39, 0.29) is 6.54 Å². The molecule has 1 heterocycles. The monoisotopic (exact) mass is 234 g/mol. The maximum Gasteiger partial charge on any atom is 0.215 e. The fourth-order valence-electron chi connectivity index (χ4n) is 0.846. The largest absolute Gasteiger partial charge is 0.329 e. The zero-order valence-corrected chi connectivity index (χ0v) is 9.57. The summed E-state index contributed by atoms with van der Waals surface area (Å²) in [6.07, 6.45) is 0. The molecule has 0 saturated carbocycles. The molecule has 0 spiro atoms. The minimum Gasteiger partial charge on any atom is -0.329 e. The quantitative estimate of drug-likeness (QED) is 0.780. The summed E-state index contributed by atoms with van der Waals surface area (Å²) in [7, 11) is -3.26. The molecule has 0 fully saturated rings. The van der Waals surface area contributed by atoms with Gasteiger partial charge < -0.3 is 5.73 Å². The Hall–Kier alpha value is -0.430. The topological polar surface area (TPSA) is 72.2 Å². The number of nitrogens with two attached hydrogens (primary N) is 1. The summed E-state index contributed by atoms with van der Waals surface area (Å²) in [5.41, 5.74) is 6.26. The van der Waals surface area contributed by atoms with Crippen molar-refractivity contribution in [1.29, 1.82) is 0 Å². The van der Waals surface area contributed by atoms with Gasteiger partial charge in [0.1, 0.15) is 0 Å². The molecule has 1 aromatic heterocycles. The van der Waals surface area contributed by atoms with Crippen molar-refractivity contribution < 1.29 is 8.42 Å². The van der Waals surface area contributed by atoms with Crippen LogP contribution in [0.25, 0.3) is 0 Å². The molecule has 1 aromatic rings. The maximum atomic E-state index is 11.5. The Kier molecular flexibility index (Phi) is 4.06. The van der Waals surface area contributed by atoms with E-state index in [4.69, 9.17) is 5.73 Å². The summed E-state index contributed by atoms with van der Waals surface area (Å²) in [5.74, 6) is 0. The average Bonchev–Trinajstić information content (AvgIpc) is 2.66. The smallest absolute Gasteiger partial charge is 0.215 e. The molecule has 1 unspecified atom stereocenters. The Morgan fingerprint density at radius 2 is 2.36 bits per heavy atom. The Balaban J connectivity index is 2.53. The highest BCUT2D eigenvalue weighted by Gasteiger charge is 2.18. The van der Waals surface area contributed by atoms with Crippen LogP contribution in [0, 0.1) is 0 Å². The SMILES string of the molecule is CC(CN)S(=O)(=O)NCc1ccsc1. The van der Waals surface area contributed by atoms with E-state index in [0.717, 1.165) is 5.56 Å². The Labute approximate surface area is 88.2 Å². The lowest BCUT2D eigenvalue weighted by atomic mass is 10.4. The van der Waals surface area contributed by atoms with E-state index in [1.165, 1.54) is 0 Å². The molecule has 1 atom stereocenters. The van der Waals surface area contributed by atoms with E-state index in [1.54, 1.807) is 18.3 Å². The van der Waals surface area contributed by atoms with Crippen LogP contribution in [-0.4, -0.2) is 20.2 Å². The lowest BCUT2D eigenvalue weighted by molar-refractivity contribution is 0.569. The number of hydrogen-bond donors (Lipinski definition) is 2. The van der Waals surface area contributed by atoms with Crippen molar-refractivity contribution >= 4 is 21.4 Å². The van der Waals surface area contributed by atoms with Crippen molar-refractivity contribution in [3.8, 4) is 0 Å². The summed E-state index contributed by atoms with van der Waals surface area (Å²) in [5, 5.41) is 3.28. The minimum atomic E-state index is -3.26. The average molecular weight is 234 g/mol. The van der Waals surface area contributed by atoms with Crippen molar-refractivity contribution in [3.05, 3.63) is 22.4 Å². The fourth-order valence-corrected chi connectivity index (χ4v) is 2.42. The molecule has 0 amide bonds. The Morgan fingerprint density at radius 3 is 2.86 bits per heavy atom. The van der Waals surface area contributed by atoms with Crippen LogP contribution in [0.1, 0.15) is 12.5 Å². The van der Waals surface area contributed by atoms with Crippen LogP contribution < -0.4 is 10.5 Å². The van der Waals surface area contributed by atoms with E-state index in [9.17, 15) is 8.42 Å². The molecular weight excluding hydrogens is 220 g/mol. The highest BCUT2D eigenvalue weighted by atomic mass is 32.2. The van der Waals surface area contributed by atoms with E-state index in [0.29, 0.717) is 6.54 Å². The van der Waals surface area contributed by atoms with Gasteiger partial charge in [-0.2, -0.15) is 11.3 Å².